The fraction of sp³-hybridized carbons (Fsp3) is 0.786. The monoisotopic (exact) mass is 250 g/mol. The maximum atomic E-state index is 4.97. The van der Waals surface area contributed by atoms with Crippen molar-refractivity contribution >= 4 is 11.3 Å². The predicted octanol–water partition coefficient (Wildman–Crippen LogP) is 3.52. The van der Waals surface area contributed by atoms with Gasteiger partial charge in [-0.2, -0.15) is 0 Å². The highest BCUT2D eigenvalue weighted by Crippen LogP contribution is 2.42. The molecule has 2 bridgehead atoms. The van der Waals surface area contributed by atoms with E-state index in [2.05, 4.69) is 25.7 Å². The highest BCUT2D eigenvalue weighted by Gasteiger charge is 2.33. The van der Waals surface area contributed by atoms with Crippen LogP contribution in [0.3, 0.4) is 0 Å². The van der Waals surface area contributed by atoms with Gasteiger partial charge in [-0.05, 0) is 38.3 Å². The highest BCUT2D eigenvalue weighted by atomic mass is 32.1. The van der Waals surface area contributed by atoms with Crippen molar-refractivity contribution in [2.75, 3.05) is 13.1 Å². The quantitative estimate of drug-likeness (QED) is 0.798. The molecule has 94 valence electrons. The van der Waals surface area contributed by atoms with Gasteiger partial charge in [0.2, 0.25) is 0 Å². The predicted molar refractivity (Wildman–Crippen MR) is 72.7 cm³/mol. The molecule has 0 aliphatic carbocycles. The molecule has 0 atom stereocenters. The van der Waals surface area contributed by atoms with Crippen molar-refractivity contribution in [2.24, 2.45) is 0 Å². The van der Waals surface area contributed by atoms with E-state index in [-0.39, 0.29) is 5.41 Å². The van der Waals surface area contributed by atoms with E-state index < -0.39 is 0 Å². The molecule has 0 N–H and O–H groups in total. The minimum Gasteiger partial charge on any atom is -0.297 e. The van der Waals surface area contributed by atoms with Gasteiger partial charge in [0.25, 0.3) is 0 Å². The molecule has 17 heavy (non-hydrogen) atoms. The second-order valence-electron chi connectivity index (χ2n) is 6.12. The van der Waals surface area contributed by atoms with E-state index in [0.717, 1.165) is 12.5 Å². The van der Waals surface area contributed by atoms with Crippen LogP contribution in [0.4, 0.5) is 0 Å². The molecule has 4 rings (SSSR count). The number of hydrogen-bond acceptors (Lipinski definition) is 3. The molecule has 1 fully saturated rings. The Balaban J connectivity index is 1.99. The smallest absolute Gasteiger partial charge is 0.0987 e. The first-order valence-corrected chi connectivity index (χ1v) is 7.64. The SMILES string of the molecule is CCC(C)(C)c1nc2c(s1)C1CCN(CC1)C2. The summed E-state index contributed by atoms with van der Waals surface area (Å²) in [5.74, 6) is 0.808. The number of aromatic nitrogens is 1. The Morgan fingerprint density at radius 3 is 2.71 bits per heavy atom. The van der Waals surface area contributed by atoms with Gasteiger partial charge in [0, 0.05) is 16.8 Å². The molecule has 1 saturated heterocycles. The van der Waals surface area contributed by atoms with Gasteiger partial charge in [0.15, 0.2) is 0 Å². The number of fused-ring (bicyclic) bond motifs is 2. The topological polar surface area (TPSA) is 16.1 Å². The van der Waals surface area contributed by atoms with Gasteiger partial charge in [-0.25, -0.2) is 4.98 Å². The molecule has 0 amide bonds. The van der Waals surface area contributed by atoms with Gasteiger partial charge in [-0.3, -0.25) is 4.90 Å². The van der Waals surface area contributed by atoms with Crippen LogP contribution in [0.15, 0.2) is 0 Å². The largest absolute Gasteiger partial charge is 0.297 e. The van der Waals surface area contributed by atoms with Crippen LogP contribution in [0.1, 0.15) is 61.5 Å². The van der Waals surface area contributed by atoms with E-state index in [1.54, 1.807) is 4.88 Å². The van der Waals surface area contributed by atoms with Gasteiger partial charge in [0.05, 0.1) is 10.7 Å². The van der Waals surface area contributed by atoms with E-state index in [1.165, 1.54) is 43.1 Å². The Kier molecular flexibility index (Phi) is 2.79. The molecule has 1 aromatic heterocycles. The Hall–Kier alpha value is -0.410. The summed E-state index contributed by atoms with van der Waals surface area (Å²) in [4.78, 5) is 9.16. The molecule has 0 saturated carbocycles. The van der Waals surface area contributed by atoms with Crippen molar-refractivity contribution in [1.29, 1.82) is 0 Å². The summed E-state index contributed by atoms with van der Waals surface area (Å²) < 4.78 is 0. The summed E-state index contributed by atoms with van der Waals surface area (Å²) in [6, 6.07) is 0. The molecular weight excluding hydrogens is 228 g/mol. The third-order valence-electron chi connectivity index (χ3n) is 4.52. The number of hydrogen-bond donors (Lipinski definition) is 0. The number of nitrogens with zero attached hydrogens (tertiary/aromatic N) is 2. The van der Waals surface area contributed by atoms with E-state index in [0.29, 0.717) is 0 Å². The lowest BCUT2D eigenvalue weighted by atomic mass is 9.91. The summed E-state index contributed by atoms with van der Waals surface area (Å²) in [6.45, 7) is 10.6. The zero-order valence-corrected chi connectivity index (χ0v) is 11.9. The van der Waals surface area contributed by atoms with Crippen molar-refractivity contribution in [3.63, 3.8) is 0 Å². The molecule has 4 heterocycles. The molecule has 0 spiro atoms. The van der Waals surface area contributed by atoms with Gasteiger partial charge in [0.1, 0.15) is 0 Å². The van der Waals surface area contributed by atoms with Crippen LogP contribution in [-0.2, 0) is 12.0 Å². The molecule has 1 aromatic rings. The number of rotatable bonds is 2. The normalized spacial score (nSPS) is 27.9. The minimum atomic E-state index is 0.255. The van der Waals surface area contributed by atoms with Crippen LogP contribution in [-0.4, -0.2) is 23.0 Å². The van der Waals surface area contributed by atoms with Crippen LogP contribution < -0.4 is 0 Å². The van der Waals surface area contributed by atoms with Crippen molar-refractivity contribution in [3.05, 3.63) is 15.6 Å². The summed E-state index contributed by atoms with van der Waals surface area (Å²) in [5, 5.41) is 1.36. The van der Waals surface area contributed by atoms with Gasteiger partial charge in [-0.1, -0.05) is 20.8 Å². The van der Waals surface area contributed by atoms with Gasteiger partial charge in [-0.15, -0.1) is 11.3 Å². The second kappa shape index (κ2) is 4.06. The molecule has 0 aromatic carbocycles. The average Bonchev–Trinajstić information content (AvgIpc) is 2.62. The van der Waals surface area contributed by atoms with Crippen molar-refractivity contribution in [2.45, 2.75) is 57.9 Å². The van der Waals surface area contributed by atoms with Crippen molar-refractivity contribution in [1.82, 2.24) is 9.88 Å². The van der Waals surface area contributed by atoms with Crippen molar-refractivity contribution in [3.8, 4) is 0 Å². The van der Waals surface area contributed by atoms with Crippen LogP contribution >= 0.6 is 11.3 Å². The fourth-order valence-electron chi connectivity index (χ4n) is 2.80. The van der Waals surface area contributed by atoms with E-state index >= 15 is 0 Å². The van der Waals surface area contributed by atoms with Gasteiger partial charge >= 0.3 is 0 Å². The van der Waals surface area contributed by atoms with Crippen LogP contribution in [0, 0.1) is 0 Å². The first-order chi connectivity index (χ1) is 8.10. The maximum Gasteiger partial charge on any atom is 0.0987 e. The van der Waals surface area contributed by atoms with E-state index in [4.69, 9.17) is 4.98 Å². The maximum absolute atomic E-state index is 4.97. The summed E-state index contributed by atoms with van der Waals surface area (Å²) in [7, 11) is 0. The zero-order valence-electron chi connectivity index (χ0n) is 11.1. The molecule has 0 radical (unpaired) electrons. The molecular formula is C14H22N2S. The highest BCUT2D eigenvalue weighted by molar-refractivity contribution is 7.12. The molecule has 3 aliphatic rings. The van der Waals surface area contributed by atoms with Crippen molar-refractivity contribution < 1.29 is 0 Å². The third-order valence-corrected chi connectivity index (χ3v) is 6.15. The minimum absolute atomic E-state index is 0.255. The number of thiazole rings is 1. The lowest BCUT2D eigenvalue weighted by molar-refractivity contribution is 0.219. The van der Waals surface area contributed by atoms with Crippen LogP contribution in [0.2, 0.25) is 0 Å². The Morgan fingerprint density at radius 2 is 2.06 bits per heavy atom. The molecule has 0 unspecified atom stereocenters. The Bertz CT molecular complexity index is 414. The number of piperidine rings is 1. The van der Waals surface area contributed by atoms with Crippen LogP contribution in [0.25, 0.3) is 0 Å². The summed E-state index contributed by atoms with van der Waals surface area (Å²) in [5.41, 5.74) is 1.65. The molecule has 3 heteroatoms. The lowest BCUT2D eigenvalue weighted by Crippen LogP contribution is -2.29. The standard InChI is InChI=1S/C14H22N2S/c1-4-14(2,3)13-15-11-9-16-7-5-10(6-8-16)12(11)17-13/h10H,4-9H2,1-3H3. The average molecular weight is 250 g/mol. The summed E-state index contributed by atoms with van der Waals surface area (Å²) >= 11 is 2.00. The van der Waals surface area contributed by atoms with E-state index in [1.807, 2.05) is 11.3 Å². The first kappa shape index (κ1) is 11.7. The lowest BCUT2D eigenvalue weighted by Gasteiger charge is -2.26. The Labute approximate surface area is 108 Å². The first-order valence-electron chi connectivity index (χ1n) is 6.82. The molecule has 3 aliphatic heterocycles. The second-order valence-corrected chi connectivity index (χ2v) is 7.15. The third kappa shape index (κ3) is 1.93. The zero-order chi connectivity index (χ0) is 12.0. The van der Waals surface area contributed by atoms with Crippen LogP contribution in [0.5, 0.6) is 0 Å². The summed E-state index contributed by atoms with van der Waals surface area (Å²) in [6.07, 6.45) is 3.87. The Morgan fingerprint density at radius 1 is 1.35 bits per heavy atom. The fourth-order valence-corrected chi connectivity index (χ4v) is 4.22. The van der Waals surface area contributed by atoms with Gasteiger partial charge < -0.3 is 0 Å². The van der Waals surface area contributed by atoms with E-state index in [9.17, 15) is 0 Å². The molecule has 2 nitrogen and oxygen atoms in total.